The van der Waals surface area contributed by atoms with Crippen molar-refractivity contribution in [3.05, 3.63) is 11.8 Å². The van der Waals surface area contributed by atoms with Crippen LogP contribution in [-0.2, 0) is 4.79 Å². The van der Waals surface area contributed by atoms with Crippen LogP contribution in [0.2, 0.25) is 0 Å². The van der Waals surface area contributed by atoms with Crippen molar-refractivity contribution in [2.75, 3.05) is 0 Å². The van der Waals surface area contributed by atoms with Crippen molar-refractivity contribution in [1.82, 2.24) is 5.32 Å². The second kappa shape index (κ2) is 4.93. The highest BCUT2D eigenvalue weighted by atomic mass is 16.3. The van der Waals surface area contributed by atoms with Gasteiger partial charge in [0.25, 0.3) is 0 Å². The van der Waals surface area contributed by atoms with Crippen LogP contribution in [0.3, 0.4) is 0 Å². The number of allylic oxidation sites excluding steroid dienone is 1. The fourth-order valence-electron chi connectivity index (χ4n) is 2.19. The van der Waals surface area contributed by atoms with E-state index in [2.05, 4.69) is 19.2 Å². The van der Waals surface area contributed by atoms with Crippen molar-refractivity contribution in [3.63, 3.8) is 0 Å². The lowest BCUT2D eigenvalue weighted by Gasteiger charge is -2.21. The predicted molar refractivity (Wildman–Crippen MR) is 78.8 cm³/mol. The number of ketones is 1. The lowest BCUT2D eigenvalue weighted by Crippen LogP contribution is -2.29. The van der Waals surface area contributed by atoms with E-state index in [1.807, 2.05) is 34.6 Å². The zero-order valence-corrected chi connectivity index (χ0v) is 13.4. The normalized spacial score (nSPS) is 26.5. The summed E-state index contributed by atoms with van der Waals surface area (Å²) in [6, 6.07) is 0.254. The number of hydrogen-bond donors (Lipinski definition) is 2. The van der Waals surface area contributed by atoms with Crippen LogP contribution < -0.4 is 5.32 Å². The van der Waals surface area contributed by atoms with E-state index in [1.54, 1.807) is 6.08 Å². The van der Waals surface area contributed by atoms with Crippen LogP contribution in [0.25, 0.3) is 0 Å². The highest BCUT2D eigenvalue weighted by molar-refractivity contribution is 5.94. The Balaban J connectivity index is 2.85. The molecule has 0 aliphatic heterocycles. The van der Waals surface area contributed by atoms with Gasteiger partial charge in [-0.05, 0) is 25.7 Å². The van der Waals surface area contributed by atoms with Gasteiger partial charge in [0.2, 0.25) is 0 Å². The van der Waals surface area contributed by atoms with E-state index >= 15 is 0 Å². The zero-order valence-electron chi connectivity index (χ0n) is 13.4. The first-order chi connectivity index (χ1) is 8.37. The van der Waals surface area contributed by atoms with Gasteiger partial charge >= 0.3 is 0 Å². The maximum absolute atomic E-state index is 12.1. The molecule has 0 aromatic heterocycles. The van der Waals surface area contributed by atoms with E-state index in [1.165, 1.54) is 0 Å². The van der Waals surface area contributed by atoms with Crippen molar-refractivity contribution in [1.29, 1.82) is 0 Å². The van der Waals surface area contributed by atoms with Gasteiger partial charge in [0, 0.05) is 29.7 Å². The van der Waals surface area contributed by atoms with Crippen molar-refractivity contribution in [3.8, 4) is 0 Å². The number of rotatable bonds is 5. The molecule has 19 heavy (non-hydrogen) atoms. The Hall–Kier alpha value is -0.830. The summed E-state index contributed by atoms with van der Waals surface area (Å²) >= 11 is 0. The molecule has 110 valence electrons. The van der Waals surface area contributed by atoms with E-state index in [0.717, 1.165) is 12.1 Å². The topological polar surface area (TPSA) is 49.3 Å². The summed E-state index contributed by atoms with van der Waals surface area (Å²) in [5.41, 5.74) is -0.247. The molecular weight excluding hydrogens is 238 g/mol. The molecule has 1 aliphatic rings. The number of hydrogen-bond acceptors (Lipinski definition) is 3. The summed E-state index contributed by atoms with van der Waals surface area (Å²) in [5, 5.41) is 13.8. The van der Waals surface area contributed by atoms with Crippen LogP contribution in [0.5, 0.6) is 0 Å². The van der Waals surface area contributed by atoms with Gasteiger partial charge in [-0.25, -0.2) is 0 Å². The van der Waals surface area contributed by atoms with Gasteiger partial charge in [-0.2, -0.15) is 0 Å². The lowest BCUT2D eigenvalue weighted by molar-refractivity contribution is -0.121. The molecule has 0 bridgehead atoms. The molecular formula is C16H29NO2. The molecule has 1 rings (SSSR count). The van der Waals surface area contributed by atoms with E-state index in [4.69, 9.17) is 0 Å². The van der Waals surface area contributed by atoms with Crippen LogP contribution in [-0.4, -0.2) is 22.5 Å². The molecule has 1 fully saturated rings. The van der Waals surface area contributed by atoms with Gasteiger partial charge in [0.1, 0.15) is 0 Å². The van der Waals surface area contributed by atoms with Crippen LogP contribution >= 0.6 is 0 Å². The molecule has 0 amide bonds. The Morgan fingerprint density at radius 1 is 1.37 bits per heavy atom. The minimum Gasteiger partial charge on any atom is -0.389 e. The van der Waals surface area contributed by atoms with Gasteiger partial charge < -0.3 is 10.4 Å². The SMILES string of the molecule is CC(C)N/C(=C\C(=O)C(C)(C)C)CC1(O)CC1(C)C. The fraction of sp³-hybridized carbons (Fsp3) is 0.812. The molecule has 1 atom stereocenters. The van der Waals surface area contributed by atoms with Gasteiger partial charge in [0.05, 0.1) is 5.60 Å². The summed E-state index contributed by atoms with van der Waals surface area (Å²) in [4.78, 5) is 12.1. The van der Waals surface area contributed by atoms with Crippen molar-refractivity contribution in [2.24, 2.45) is 10.8 Å². The summed E-state index contributed by atoms with van der Waals surface area (Å²) in [7, 11) is 0. The smallest absolute Gasteiger partial charge is 0.162 e. The Bertz CT molecular complexity index is 388. The van der Waals surface area contributed by atoms with Gasteiger partial charge in [-0.1, -0.05) is 34.6 Å². The van der Waals surface area contributed by atoms with E-state index in [9.17, 15) is 9.90 Å². The Kier molecular flexibility index (Phi) is 4.21. The molecule has 0 aromatic rings. The first-order valence-electron chi connectivity index (χ1n) is 7.11. The molecule has 0 radical (unpaired) electrons. The standard InChI is InChI=1S/C16H29NO2/c1-11(2)17-12(8-13(18)14(3,4)5)9-16(19)10-15(16,6)7/h8,11,17,19H,9-10H2,1-7H3/b12-8-. The van der Waals surface area contributed by atoms with E-state index in [-0.39, 0.29) is 22.7 Å². The number of nitrogens with one attached hydrogen (secondary N) is 1. The zero-order chi connectivity index (χ0) is 15.1. The summed E-state index contributed by atoms with van der Waals surface area (Å²) < 4.78 is 0. The fourth-order valence-corrected chi connectivity index (χ4v) is 2.19. The second-order valence-corrected chi connectivity index (χ2v) is 7.85. The Labute approximate surface area is 117 Å². The molecule has 3 nitrogen and oxygen atoms in total. The molecule has 3 heteroatoms. The largest absolute Gasteiger partial charge is 0.389 e. The summed E-state index contributed by atoms with van der Waals surface area (Å²) in [5.74, 6) is 0.0951. The monoisotopic (exact) mass is 267 g/mol. The van der Waals surface area contributed by atoms with Gasteiger partial charge in [-0.15, -0.1) is 0 Å². The molecule has 0 aromatic carbocycles. The van der Waals surface area contributed by atoms with Crippen LogP contribution in [0, 0.1) is 10.8 Å². The Morgan fingerprint density at radius 3 is 2.16 bits per heavy atom. The molecule has 1 aliphatic carbocycles. The first-order valence-corrected chi connectivity index (χ1v) is 7.11. The first kappa shape index (κ1) is 16.2. The molecule has 2 N–H and O–H groups in total. The van der Waals surface area contributed by atoms with E-state index in [0.29, 0.717) is 6.42 Å². The third-order valence-corrected chi connectivity index (χ3v) is 3.87. The maximum atomic E-state index is 12.1. The van der Waals surface area contributed by atoms with Crippen LogP contribution in [0.4, 0.5) is 0 Å². The van der Waals surface area contributed by atoms with Gasteiger partial charge in [-0.3, -0.25) is 4.79 Å². The van der Waals surface area contributed by atoms with Gasteiger partial charge in [0.15, 0.2) is 5.78 Å². The highest BCUT2D eigenvalue weighted by Gasteiger charge is 2.60. The molecule has 0 spiro atoms. The average molecular weight is 267 g/mol. The third-order valence-electron chi connectivity index (χ3n) is 3.87. The lowest BCUT2D eigenvalue weighted by atomic mass is 9.89. The quantitative estimate of drug-likeness (QED) is 0.753. The third kappa shape index (κ3) is 4.07. The minimum atomic E-state index is -0.668. The number of carbonyl (C=O) groups is 1. The second-order valence-electron chi connectivity index (χ2n) is 7.85. The number of aliphatic hydroxyl groups is 1. The molecule has 1 saturated carbocycles. The molecule has 0 saturated heterocycles. The summed E-state index contributed by atoms with van der Waals surface area (Å²) in [6.07, 6.45) is 2.99. The maximum Gasteiger partial charge on any atom is 0.162 e. The van der Waals surface area contributed by atoms with E-state index < -0.39 is 5.60 Å². The molecule has 0 heterocycles. The predicted octanol–water partition coefficient (Wildman–Crippen LogP) is 3.03. The van der Waals surface area contributed by atoms with Crippen molar-refractivity contribution < 1.29 is 9.90 Å². The Morgan fingerprint density at radius 2 is 1.84 bits per heavy atom. The molecule has 1 unspecified atom stereocenters. The van der Waals surface area contributed by atoms with Crippen molar-refractivity contribution >= 4 is 5.78 Å². The van der Waals surface area contributed by atoms with Crippen LogP contribution in [0.1, 0.15) is 61.3 Å². The van der Waals surface area contributed by atoms with Crippen molar-refractivity contribution in [2.45, 2.75) is 73.0 Å². The minimum absolute atomic E-state index is 0.0461. The highest BCUT2D eigenvalue weighted by Crippen LogP contribution is 2.58. The van der Waals surface area contributed by atoms with Crippen LogP contribution in [0.15, 0.2) is 11.8 Å². The number of carbonyl (C=O) groups excluding carboxylic acids is 1. The average Bonchev–Trinajstić information content (AvgIpc) is 2.60. The summed E-state index contributed by atoms with van der Waals surface area (Å²) in [6.45, 7) is 13.9.